The molecule has 0 saturated carbocycles. The van der Waals surface area contributed by atoms with E-state index in [0.717, 1.165) is 29.4 Å². The van der Waals surface area contributed by atoms with E-state index < -0.39 is 6.23 Å². The molecular weight excluding hydrogens is 246 g/mol. The third kappa shape index (κ3) is 2.38. The Hall–Kier alpha value is -1.43. The lowest BCUT2D eigenvalue weighted by atomic mass is 10.1. The summed E-state index contributed by atoms with van der Waals surface area (Å²) in [4.78, 5) is 4.48. The van der Waals surface area contributed by atoms with Crippen molar-refractivity contribution in [2.24, 2.45) is 0 Å². The van der Waals surface area contributed by atoms with Crippen molar-refractivity contribution in [3.8, 4) is 11.3 Å². The highest BCUT2D eigenvalue weighted by molar-refractivity contribution is 7.14. The molecule has 2 heterocycles. The van der Waals surface area contributed by atoms with Gasteiger partial charge in [0.25, 0.3) is 0 Å². The molecule has 3 N–H and O–H groups in total. The third-order valence-electron chi connectivity index (χ3n) is 3.09. The summed E-state index contributed by atoms with van der Waals surface area (Å²) in [6.07, 6.45) is 0.443. The molecule has 94 valence electrons. The molecule has 2 atom stereocenters. The first kappa shape index (κ1) is 11.6. The number of aliphatic hydroxyl groups is 1. The summed E-state index contributed by atoms with van der Waals surface area (Å²) in [5, 5.41) is 18.9. The molecule has 1 fully saturated rings. The number of aliphatic hydroxyl groups excluding tert-OH is 1. The van der Waals surface area contributed by atoms with Gasteiger partial charge in [0.05, 0.1) is 11.7 Å². The number of nitrogens with zero attached hydrogens (tertiary/aromatic N) is 1. The lowest BCUT2D eigenvalue weighted by Gasteiger charge is -2.32. The monoisotopic (exact) mass is 261 g/mol. The lowest BCUT2D eigenvalue weighted by Crippen LogP contribution is -2.53. The van der Waals surface area contributed by atoms with Gasteiger partial charge in [-0.1, -0.05) is 30.3 Å². The number of thiazole rings is 1. The Morgan fingerprint density at radius 2 is 2.17 bits per heavy atom. The molecule has 0 spiro atoms. The minimum Gasteiger partial charge on any atom is -0.372 e. The van der Waals surface area contributed by atoms with E-state index >= 15 is 0 Å². The normalized spacial score (nSPS) is 20.2. The van der Waals surface area contributed by atoms with Crippen LogP contribution in [0.1, 0.15) is 6.42 Å². The minimum atomic E-state index is -0.562. The van der Waals surface area contributed by atoms with Gasteiger partial charge in [-0.3, -0.25) is 0 Å². The predicted octanol–water partition coefficient (Wildman–Crippen LogP) is 1.90. The number of benzene rings is 1. The van der Waals surface area contributed by atoms with Gasteiger partial charge < -0.3 is 15.7 Å². The Kier molecular flexibility index (Phi) is 3.27. The summed E-state index contributed by atoms with van der Waals surface area (Å²) < 4.78 is 0. The van der Waals surface area contributed by atoms with E-state index in [9.17, 15) is 5.11 Å². The van der Waals surface area contributed by atoms with Gasteiger partial charge in [0.15, 0.2) is 5.13 Å². The predicted molar refractivity (Wildman–Crippen MR) is 73.6 cm³/mol. The molecule has 0 amide bonds. The number of nitrogens with one attached hydrogen (secondary N) is 2. The summed E-state index contributed by atoms with van der Waals surface area (Å²) in [5.74, 6) is 0. The molecule has 4 nitrogen and oxygen atoms in total. The second kappa shape index (κ2) is 5.06. The van der Waals surface area contributed by atoms with Crippen molar-refractivity contribution in [3.05, 3.63) is 35.7 Å². The first-order valence-corrected chi connectivity index (χ1v) is 6.90. The van der Waals surface area contributed by atoms with Crippen LogP contribution in [0.4, 0.5) is 5.13 Å². The second-order valence-electron chi connectivity index (χ2n) is 4.34. The van der Waals surface area contributed by atoms with Gasteiger partial charge in [-0.05, 0) is 13.0 Å². The van der Waals surface area contributed by atoms with E-state index in [0.29, 0.717) is 0 Å². The topological polar surface area (TPSA) is 57.2 Å². The van der Waals surface area contributed by atoms with Crippen LogP contribution < -0.4 is 10.6 Å². The van der Waals surface area contributed by atoms with E-state index in [1.54, 1.807) is 0 Å². The van der Waals surface area contributed by atoms with Crippen LogP contribution >= 0.6 is 11.3 Å². The number of hydrogen-bond acceptors (Lipinski definition) is 5. The Bertz CT molecular complexity index is 510. The van der Waals surface area contributed by atoms with Gasteiger partial charge in [-0.25, -0.2) is 4.98 Å². The van der Waals surface area contributed by atoms with E-state index in [1.807, 2.05) is 35.7 Å². The number of anilines is 1. The average Bonchev–Trinajstić information content (AvgIpc) is 2.76. The van der Waals surface area contributed by atoms with Gasteiger partial charge >= 0.3 is 0 Å². The molecule has 1 saturated heterocycles. The Morgan fingerprint density at radius 1 is 1.39 bits per heavy atom. The van der Waals surface area contributed by atoms with Crippen LogP contribution in [0.3, 0.4) is 0 Å². The highest BCUT2D eigenvalue weighted by atomic mass is 32.1. The molecule has 1 unspecified atom stereocenters. The minimum absolute atomic E-state index is 0.147. The van der Waals surface area contributed by atoms with Crippen LogP contribution in [0.15, 0.2) is 35.7 Å². The average molecular weight is 261 g/mol. The Morgan fingerprint density at radius 3 is 2.83 bits per heavy atom. The fourth-order valence-corrected chi connectivity index (χ4v) is 2.64. The maximum absolute atomic E-state index is 9.90. The Balaban J connectivity index is 1.69. The maximum atomic E-state index is 9.90. The molecule has 2 aromatic rings. The van der Waals surface area contributed by atoms with E-state index in [1.165, 1.54) is 11.3 Å². The van der Waals surface area contributed by atoms with Crippen molar-refractivity contribution < 1.29 is 5.11 Å². The van der Waals surface area contributed by atoms with E-state index in [2.05, 4.69) is 15.6 Å². The summed E-state index contributed by atoms with van der Waals surface area (Å²) in [5.41, 5.74) is 2.04. The van der Waals surface area contributed by atoms with Gasteiger partial charge in [-0.15, -0.1) is 11.3 Å². The molecule has 18 heavy (non-hydrogen) atoms. The van der Waals surface area contributed by atoms with Gasteiger partial charge in [0.1, 0.15) is 6.23 Å². The molecule has 0 aliphatic carbocycles. The van der Waals surface area contributed by atoms with Crippen LogP contribution in [0.2, 0.25) is 0 Å². The van der Waals surface area contributed by atoms with Crippen molar-refractivity contribution in [1.82, 2.24) is 10.3 Å². The molecule has 1 aliphatic heterocycles. The van der Waals surface area contributed by atoms with Crippen molar-refractivity contribution in [1.29, 1.82) is 0 Å². The quantitative estimate of drug-likeness (QED) is 0.736. The van der Waals surface area contributed by atoms with Crippen molar-refractivity contribution in [3.63, 3.8) is 0 Å². The summed E-state index contributed by atoms with van der Waals surface area (Å²) >= 11 is 1.51. The van der Waals surface area contributed by atoms with Crippen molar-refractivity contribution in [2.45, 2.75) is 18.7 Å². The maximum Gasteiger partial charge on any atom is 0.185 e. The standard InChI is InChI=1S/C13H15N3OS/c17-12(10-6-7-14-10)16-13-15-11(8-18-13)9-4-2-1-3-5-9/h1-5,8,10,12,14,17H,6-7H2,(H,15,16)/t10-,12?/m0/s1. The lowest BCUT2D eigenvalue weighted by molar-refractivity contribution is 0.119. The molecule has 5 heteroatoms. The smallest absolute Gasteiger partial charge is 0.185 e. The SMILES string of the molecule is OC(Nc1nc(-c2ccccc2)cs1)[C@@H]1CCN1. The Labute approximate surface area is 110 Å². The number of rotatable bonds is 4. The zero-order valence-electron chi connectivity index (χ0n) is 9.84. The van der Waals surface area contributed by atoms with E-state index in [4.69, 9.17) is 0 Å². The van der Waals surface area contributed by atoms with Crippen LogP contribution in [0.5, 0.6) is 0 Å². The number of aromatic nitrogens is 1. The highest BCUT2D eigenvalue weighted by Gasteiger charge is 2.25. The van der Waals surface area contributed by atoms with Gasteiger partial charge in [-0.2, -0.15) is 0 Å². The summed E-state index contributed by atoms with van der Waals surface area (Å²) in [7, 11) is 0. The van der Waals surface area contributed by atoms with Gasteiger partial charge in [0.2, 0.25) is 0 Å². The zero-order valence-corrected chi connectivity index (χ0v) is 10.7. The molecule has 1 aromatic heterocycles. The van der Waals surface area contributed by atoms with Gasteiger partial charge in [0, 0.05) is 10.9 Å². The molecule has 3 rings (SSSR count). The summed E-state index contributed by atoms with van der Waals surface area (Å²) in [6, 6.07) is 10.2. The zero-order chi connectivity index (χ0) is 12.4. The van der Waals surface area contributed by atoms with Crippen LogP contribution in [0.25, 0.3) is 11.3 Å². The summed E-state index contributed by atoms with van der Waals surface area (Å²) in [6.45, 7) is 0.983. The molecule has 0 radical (unpaired) electrons. The largest absolute Gasteiger partial charge is 0.372 e. The molecule has 0 bridgehead atoms. The van der Waals surface area contributed by atoms with E-state index in [-0.39, 0.29) is 6.04 Å². The van der Waals surface area contributed by atoms with Crippen molar-refractivity contribution in [2.75, 3.05) is 11.9 Å². The molecule has 1 aliphatic rings. The fourth-order valence-electron chi connectivity index (χ4n) is 1.89. The number of hydrogen-bond donors (Lipinski definition) is 3. The first-order chi connectivity index (χ1) is 8.83. The third-order valence-corrected chi connectivity index (χ3v) is 3.86. The second-order valence-corrected chi connectivity index (χ2v) is 5.20. The van der Waals surface area contributed by atoms with Crippen molar-refractivity contribution >= 4 is 16.5 Å². The fraction of sp³-hybridized carbons (Fsp3) is 0.308. The molecule has 1 aromatic carbocycles. The highest BCUT2D eigenvalue weighted by Crippen LogP contribution is 2.25. The first-order valence-electron chi connectivity index (χ1n) is 6.02. The van der Waals surface area contributed by atoms with Crippen LogP contribution in [-0.2, 0) is 0 Å². The molecular formula is C13H15N3OS. The van der Waals surface area contributed by atoms with Crippen LogP contribution in [-0.4, -0.2) is 28.9 Å². The van der Waals surface area contributed by atoms with Crippen LogP contribution in [0, 0.1) is 0 Å².